The van der Waals surface area contributed by atoms with Gasteiger partial charge in [0, 0.05) is 5.69 Å². The molecule has 0 spiro atoms. The van der Waals surface area contributed by atoms with Crippen molar-refractivity contribution in [3.8, 4) is 28.6 Å². The van der Waals surface area contributed by atoms with Gasteiger partial charge in [0.2, 0.25) is 5.82 Å². The largest absolute Gasteiger partial charge is 0.496 e. The molecule has 0 aliphatic heterocycles. The number of aryl methyl sites for hydroxylation is 1. The molecule has 0 radical (unpaired) electrons. The van der Waals surface area contributed by atoms with Crippen molar-refractivity contribution in [2.24, 2.45) is 0 Å². The van der Waals surface area contributed by atoms with Crippen LogP contribution in [0.5, 0.6) is 5.75 Å². The van der Waals surface area contributed by atoms with Gasteiger partial charge < -0.3 is 15.0 Å². The Kier molecular flexibility index (Phi) is 3.31. The molecule has 2 aromatic carbocycles. The summed E-state index contributed by atoms with van der Waals surface area (Å²) in [4.78, 5) is 4.42. The first-order chi connectivity index (χ1) is 10.2. The quantitative estimate of drug-likeness (QED) is 0.745. The van der Waals surface area contributed by atoms with Gasteiger partial charge in [0.25, 0.3) is 5.89 Å². The Bertz CT molecular complexity index is 781. The van der Waals surface area contributed by atoms with E-state index >= 15 is 0 Å². The molecule has 0 saturated heterocycles. The second kappa shape index (κ2) is 5.28. The van der Waals surface area contributed by atoms with Crippen LogP contribution in [0.3, 0.4) is 0 Å². The number of aromatic nitrogens is 2. The molecule has 1 aromatic heterocycles. The van der Waals surface area contributed by atoms with Crippen LogP contribution in [0.1, 0.15) is 5.56 Å². The number of benzene rings is 2. The summed E-state index contributed by atoms with van der Waals surface area (Å²) in [7, 11) is 1.61. The summed E-state index contributed by atoms with van der Waals surface area (Å²) in [5, 5.41) is 4.02. The van der Waals surface area contributed by atoms with E-state index in [0.717, 1.165) is 16.7 Å². The van der Waals surface area contributed by atoms with E-state index in [4.69, 9.17) is 15.0 Å². The predicted molar refractivity (Wildman–Crippen MR) is 80.9 cm³/mol. The van der Waals surface area contributed by atoms with Crippen molar-refractivity contribution in [1.29, 1.82) is 0 Å². The van der Waals surface area contributed by atoms with E-state index < -0.39 is 0 Å². The Balaban J connectivity index is 2.06. The Morgan fingerprint density at radius 1 is 1.10 bits per heavy atom. The summed E-state index contributed by atoms with van der Waals surface area (Å²) in [6.07, 6.45) is 0. The van der Waals surface area contributed by atoms with Gasteiger partial charge in [-0.1, -0.05) is 28.9 Å². The van der Waals surface area contributed by atoms with Crippen molar-refractivity contribution >= 4 is 5.69 Å². The second-order valence-corrected chi connectivity index (χ2v) is 4.71. The number of nitrogens with two attached hydrogens (primary N) is 1. The smallest absolute Gasteiger partial charge is 0.260 e. The van der Waals surface area contributed by atoms with Gasteiger partial charge in [0.1, 0.15) is 5.75 Å². The predicted octanol–water partition coefficient (Wildman–Crippen LogP) is 3.30. The first-order valence-electron chi connectivity index (χ1n) is 6.52. The van der Waals surface area contributed by atoms with E-state index in [-0.39, 0.29) is 0 Å². The molecule has 5 nitrogen and oxygen atoms in total. The van der Waals surface area contributed by atoms with Crippen molar-refractivity contribution in [3.63, 3.8) is 0 Å². The van der Waals surface area contributed by atoms with Crippen LogP contribution in [0.4, 0.5) is 5.69 Å². The van der Waals surface area contributed by atoms with Gasteiger partial charge in [-0.25, -0.2) is 0 Å². The molecule has 0 aliphatic carbocycles. The number of hydrogen-bond acceptors (Lipinski definition) is 5. The molecular weight excluding hydrogens is 266 g/mol. The average Bonchev–Trinajstić information content (AvgIpc) is 2.99. The van der Waals surface area contributed by atoms with Crippen LogP contribution in [-0.2, 0) is 0 Å². The van der Waals surface area contributed by atoms with E-state index in [9.17, 15) is 0 Å². The summed E-state index contributed by atoms with van der Waals surface area (Å²) in [5.41, 5.74) is 9.18. The minimum atomic E-state index is 0.400. The van der Waals surface area contributed by atoms with Gasteiger partial charge in [-0.2, -0.15) is 4.98 Å². The SMILES string of the molecule is COc1ccccc1-c1noc(-c2cc(C)ccc2N)n1. The summed E-state index contributed by atoms with van der Waals surface area (Å²) in [6, 6.07) is 13.2. The number of methoxy groups -OCH3 is 1. The Labute approximate surface area is 122 Å². The average molecular weight is 281 g/mol. The fourth-order valence-corrected chi connectivity index (χ4v) is 2.13. The molecule has 0 saturated carbocycles. The first-order valence-corrected chi connectivity index (χ1v) is 6.52. The molecule has 3 rings (SSSR count). The Hall–Kier alpha value is -2.82. The van der Waals surface area contributed by atoms with E-state index in [0.29, 0.717) is 23.2 Å². The monoisotopic (exact) mass is 281 g/mol. The highest BCUT2D eigenvalue weighted by Crippen LogP contribution is 2.31. The lowest BCUT2D eigenvalue weighted by Gasteiger charge is -2.03. The molecular formula is C16H15N3O2. The van der Waals surface area contributed by atoms with Gasteiger partial charge in [0.05, 0.1) is 18.2 Å². The molecule has 5 heteroatoms. The van der Waals surface area contributed by atoms with Crippen LogP contribution >= 0.6 is 0 Å². The molecule has 0 fully saturated rings. The van der Waals surface area contributed by atoms with Crippen LogP contribution in [0, 0.1) is 6.92 Å². The van der Waals surface area contributed by atoms with E-state index in [2.05, 4.69) is 10.1 Å². The lowest BCUT2D eigenvalue weighted by atomic mass is 10.1. The molecule has 106 valence electrons. The molecule has 0 aliphatic rings. The summed E-state index contributed by atoms with van der Waals surface area (Å²) < 4.78 is 10.7. The summed E-state index contributed by atoms with van der Waals surface area (Å²) in [5.74, 6) is 1.57. The van der Waals surface area contributed by atoms with Crippen molar-refractivity contribution in [3.05, 3.63) is 48.0 Å². The van der Waals surface area contributed by atoms with E-state index in [1.807, 2.05) is 49.4 Å². The maximum absolute atomic E-state index is 5.97. The zero-order valence-electron chi connectivity index (χ0n) is 11.8. The third-order valence-electron chi connectivity index (χ3n) is 3.21. The van der Waals surface area contributed by atoms with Gasteiger partial charge in [-0.3, -0.25) is 0 Å². The number of hydrogen-bond donors (Lipinski definition) is 1. The fraction of sp³-hybridized carbons (Fsp3) is 0.125. The van der Waals surface area contributed by atoms with Crippen LogP contribution in [0.2, 0.25) is 0 Å². The Morgan fingerprint density at radius 3 is 2.71 bits per heavy atom. The molecule has 3 aromatic rings. The van der Waals surface area contributed by atoms with Gasteiger partial charge in [-0.15, -0.1) is 0 Å². The van der Waals surface area contributed by atoms with Gasteiger partial charge in [-0.05, 0) is 31.2 Å². The first kappa shape index (κ1) is 13.2. The topological polar surface area (TPSA) is 74.2 Å². The van der Waals surface area contributed by atoms with Crippen LogP contribution in [0.15, 0.2) is 47.0 Å². The minimum Gasteiger partial charge on any atom is -0.496 e. The zero-order chi connectivity index (χ0) is 14.8. The molecule has 0 bridgehead atoms. The number of nitrogen functional groups attached to an aromatic ring is 1. The second-order valence-electron chi connectivity index (χ2n) is 4.71. The standard InChI is InChI=1S/C16H15N3O2/c1-10-7-8-13(17)12(9-10)16-18-15(19-21-16)11-5-3-4-6-14(11)20-2/h3-9H,17H2,1-2H3. The lowest BCUT2D eigenvalue weighted by Crippen LogP contribution is -1.91. The Morgan fingerprint density at radius 2 is 1.90 bits per heavy atom. The van der Waals surface area contributed by atoms with E-state index in [1.54, 1.807) is 7.11 Å². The van der Waals surface area contributed by atoms with Gasteiger partial charge >= 0.3 is 0 Å². The molecule has 0 amide bonds. The fourth-order valence-electron chi connectivity index (χ4n) is 2.13. The maximum Gasteiger partial charge on any atom is 0.260 e. The van der Waals surface area contributed by atoms with Crippen molar-refractivity contribution < 1.29 is 9.26 Å². The van der Waals surface area contributed by atoms with Gasteiger partial charge in [0.15, 0.2) is 0 Å². The normalized spacial score (nSPS) is 10.6. The maximum atomic E-state index is 5.97. The number of anilines is 1. The van der Waals surface area contributed by atoms with Crippen LogP contribution in [-0.4, -0.2) is 17.3 Å². The number of nitrogens with zero attached hydrogens (tertiary/aromatic N) is 2. The number of rotatable bonds is 3. The highest BCUT2D eigenvalue weighted by molar-refractivity contribution is 5.73. The van der Waals surface area contributed by atoms with Crippen LogP contribution < -0.4 is 10.5 Å². The molecule has 0 unspecified atom stereocenters. The molecule has 0 atom stereocenters. The summed E-state index contributed by atoms with van der Waals surface area (Å²) >= 11 is 0. The number of para-hydroxylation sites is 1. The zero-order valence-corrected chi connectivity index (χ0v) is 11.8. The lowest BCUT2D eigenvalue weighted by molar-refractivity contribution is 0.413. The molecule has 21 heavy (non-hydrogen) atoms. The highest BCUT2D eigenvalue weighted by Gasteiger charge is 2.15. The van der Waals surface area contributed by atoms with Crippen LogP contribution in [0.25, 0.3) is 22.8 Å². The summed E-state index contributed by atoms with van der Waals surface area (Å²) in [6.45, 7) is 1.99. The van der Waals surface area contributed by atoms with Crippen molar-refractivity contribution in [2.45, 2.75) is 6.92 Å². The molecule has 1 heterocycles. The third kappa shape index (κ3) is 2.45. The minimum absolute atomic E-state index is 0.400. The van der Waals surface area contributed by atoms with E-state index in [1.165, 1.54) is 0 Å². The molecule has 2 N–H and O–H groups in total. The highest BCUT2D eigenvalue weighted by atomic mass is 16.5. The van der Waals surface area contributed by atoms with Crippen molar-refractivity contribution in [1.82, 2.24) is 10.1 Å². The van der Waals surface area contributed by atoms with Crippen molar-refractivity contribution in [2.75, 3.05) is 12.8 Å². The number of ether oxygens (including phenoxy) is 1. The third-order valence-corrected chi connectivity index (χ3v) is 3.21.